The highest BCUT2D eigenvalue weighted by molar-refractivity contribution is 6.59. The molecule has 0 heterocycles. The Morgan fingerprint density at radius 1 is 0.955 bits per heavy atom. The predicted octanol–water partition coefficient (Wildman–Crippen LogP) is 4.32. The van der Waals surface area contributed by atoms with Crippen LogP contribution < -0.4 is 0 Å². The van der Waals surface area contributed by atoms with Gasteiger partial charge in [-0.25, -0.2) is 4.39 Å². The summed E-state index contributed by atoms with van der Waals surface area (Å²) in [5.74, 6) is -0.198. The summed E-state index contributed by atoms with van der Waals surface area (Å²) in [7, 11) is -3.06. The minimum absolute atomic E-state index is 0.0327. The average molecular weight is 328 g/mol. The normalized spacial score (nSPS) is 12.4. The Bertz CT molecular complexity index is 410. The SMILES string of the molecule is CC(C)O[Si](O)(CCCCCc1ccc(F)cc1)OC(C)C. The zero-order valence-corrected chi connectivity index (χ0v) is 15.1. The summed E-state index contributed by atoms with van der Waals surface area (Å²) < 4.78 is 24.1. The van der Waals surface area contributed by atoms with E-state index in [0.29, 0.717) is 6.04 Å². The molecular formula is C17H29FO3Si. The first-order chi connectivity index (χ1) is 10.3. The molecule has 0 aliphatic heterocycles. The fourth-order valence-corrected chi connectivity index (χ4v) is 4.85. The van der Waals surface area contributed by atoms with Gasteiger partial charge in [-0.2, -0.15) is 0 Å². The molecule has 0 radical (unpaired) electrons. The molecule has 1 N–H and O–H groups in total. The van der Waals surface area contributed by atoms with E-state index in [2.05, 4.69) is 0 Å². The molecule has 126 valence electrons. The lowest BCUT2D eigenvalue weighted by Crippen LogP contribution is -2.46. The topological polar surface area (TPSA) is 38.7 Å². The highest BCUT2D eigenvalue weighted by Crippen LogP contribution is 2.19. The quantitative estimate of drug-likeness (QED) is 0.513. The van der Waals surface area contributed by atoms with Gasteiger partial charge in [0.2, 0.25) is 0 Å². The lowest BCUT2D eigenvalue weighted by Gasteiger charge is -2.28. The number of halogens is 1. The minimum Gasteiger partial charge on any atom is -0.390 e. The Hall–Kier alpha value is -0.753. The van der Waals surface area contributed by atoms with Crippen LogP contribution in [-0.4, -0.2) is 25.8 Å². The third-order valence-corrected chi connectivity index (χ3v) is 5.88. The zero-order valence-electron chi connectivity index (χ0n) is 14.1. The van der Waals surface area contributed by atoms with E-state index in [1.165, 1.54) is 12.1 Å². The number of hydrogen-bond acceptors (Lipinski definition) is 3. The molecule has 0 atom stereocenters. The van der Waals surface area contributed by atoms with Crippen molar-refractivity contribution < 1.29 is 18.0 Å². The van der Waals surface area contributed by atoms with Crippen LogP contribution in [0.15, 0.2) is 24.3 Å². The summed E-state index contributed by atoms with van der Waals surface area (Å²) >= 11 is 0. The molecule has 0 saturated heterocycles. The molecule has 0 aromatic heterocycles. The van der Waals surface area contributed by atoms with E-state index < -0.39 is 8.80 Å². The van der Waals surface area contributed by atoms with Crippen LogP contribution in [0.1, 0.15) is 52.5 Å². The van der Waals surface area contributed by atoms with E-state index in [-0.39, 0.29) is 18.0 Å². The van der Waals surface area contributed by atoms with Gasteiger partial charge in [-0.3, -0.25) is 0 Å². The van der Waals surface area contributed by atoms with Crippen molar-refractivity contribution in [2.75, 3.05) is 0 Å². The van der Waals surface area contributed by atoms with Gasteiger partial charge in [0.15, 0.2) is 0 Å². The molecule has 0 spiro atoms. The Morgan fingerprint density at radius 3 is 2.00 bits per heavy atom. The van der Waals surface area contributed by atoms with Crippen molar-refractivity contribution in [1.29, 1.82) is 0 Å². The zero-order chi connectivity index (χ0) is 16.6. The van der Waals surface area contributed by atoms with Crippen LogP contribution >= 0.6 is 0 Å². The summed E-state index contributed by atoms with van der Waals surface area (Å²) in [5.41, 5.74) is 1.14. The van der Waals surface area contributed by atoms with Crippen LogP contribution in [0, 0.1) is 5.82 Å². The molecule has 3 nitrogen and oxygen atoms in total. The smallest absolute Gasteiger partial charge is 0.390 e. The summed E-state index contributed by atoms with van der Waals surface area (Å²) in [4.78, 5) is 10.6. The molecular weight excluding hydrogens is 299 g/mol. The van der Waals surface area contributed by atoms with E-state index in [0.717, 1.165) is 31.2 Å². The van der Waals surface area contributed by atoms with E-state index >= 15 is 0 Å². The van der Waals surface area contributed by atoms with Crippen molar-refractivity contribution in [2.24, 2.45) is 0 Å². The molecule has 0 aliphatic rings. The average Bonchev–Trinajstić information content (AvgIpc) is 2.38. The molecule has 1 aromatic rings. The number of hydrogen-bond donors (Lipinski definition) is 1. The molecule has 1 rings (SSSR count). The number of rotatable bonds is 10. The second-order valence-corrected chi connectivity index (χ2v) is 8.63. The number of benzene rings is 1. The second kappa shape index (κ2) is 9.40. The maximum Gasteiger partial charge on any atom is 0.498 e. The van der Waals surface area contributed by atoms with Crippen LogP contribution in [0.3, 0.4) is 0 Å². The first kappa shape index (κ1) is 19.3. The van der Waals surface area contributed by atoms with Crippen LogP contribution in [-0.2, 0) is 15.3 Å². The van der Waals surface area contributed by atoms with Gasteiger partial charge in [0.25, 0.3) is 0 Å². The van der Waals surface area contributed by atoms with Gasteiger partial charge in [0.05, 0.1) is 0 Å². The van der Waals surface area contributed by atoms with Gasteiger partial charge in [-0.15, -0.1) is 0 Å². The van der Waals surface area contributed by atoms with Gasteiger partial charge in [0, 0.05) is 18.3 Å². The highest BCUT2D eigenvalue weighted by atomic mass is 28.4. The maximum atomic E-state index is 12.8. The Kier molecular flexibility index (Phi) is 8.24. The highest BCUT2D eigenvalue weighted by Gasteiger charge is 2.38. The summed E-state index contributed by atoms with van der Waals surface area (Å²) in [5, 5.41) is 0. The molecule has 0 amide bonds. The van der Waals surface area contributed by atoms with Gasteiger partial charge in [0.1, 0.15) is 5.82 Å². The molecule has 5 heteroatoms. The maximum absolute atomic E-state index is 12.8. The van der Waals surface area contributed by atoms with Gasteiger partial charge in [-0.05, 0) is 64.7 Å². The molecule has 0 fully saturated rings. The second-order valence-electron chi connectivity index (χ2n) is 6.23. The van der Waals surface area contributed by atoms with Crippen molar-refractivity contribution in [3.05, 3.63) is 35.6 Å². The molecule has 1 aromatic carbocycles. The number of aryl methyl sites for hydroxylation is 1. The summed E-state index contributed by atoms with van der Waals surface area (Å²) in [6, 6.07) is 7.23. The fourth-order valence-electron chi connectivity index (χ4n) is 2.39. The van der Waals surface area contributed by atoms with E-state index in [9.17, 15) is 9.19 Å². The van der Waals surface area contributed by atoms with Gasteiger partial charge < -0.3 is 13.6 Å². The molecule has 0 saturated carbocycles. The predicted molar refractivity (Wildman–Crippen MR) is 89.2 cm³/mol. The Morgan fingerprint density at radius 2 is 1.50 bits per heavy atom. The van der Waals surface area contributed by atoms with Crippen LogP contribution in [0.4, 0.5) is 4.39 Å². The third-order valence-electron chi connectivity index (χ3n) is 3.21. The molecule has 0 unspecified atom stereocenters. The van der Waals surface area contributed by atoms with Crippen LogP contribution in [0.2, 0.25) is 6.04 Å². The summed E-state index contributed by atoms with van der Waals surface area (Å²) in [6.45, 7) is 7.65. The van der Waals surface area contributed by atoms with Crippen LogP contribution in [0.25, 0.3) is 0 Å². The molecule has 0 bridgehead atoms. The van der Waals surface area contributed by atoms with Crippen molar-refractivity contribution in [3.63, 3.8) is 0 Å². The molecule has 0 aliphatic carbocycles. The standard InChI is InChI=1S/C17H29FO3Si/c1-14(2)20-22(19,21-15(3)4)13-7-5-6-8-16-9-11-17(18)12-10-16/h9-12,14-15,19H,5-8,13H2,1-4H3. The number of unbranched alkanes of at least 4 members (excludes halogenated alkanes) is 2. The van der Waals surface area contributed by atoms with E-state index in [1.807, 2.05) is 39.8 Å². The first-order valence-corrected chi connectivity index (χ1v) is 10.1. The molecule has 22 heavy (non-hydrogen) atoms. The Labute approximate surface area is 134 Å². The fraction of sp³-hybridized carbons (Fsp3) is 0.647. The summed E-state index contributed by atoms with van der Waals surface area (Å²) in [6.07, 6.45) is 3.75. The van der Waals surface area contributed by atoms with Gasteiger partial charge >= 0.3 is 8.80 Å². The third kappa shape index (κ3) is 8.03. The van der Waals surface area contributed by atoms with E-state index in [1.54, 1.807) is 0 Å². The first-order valence-electron chi connectivity index (χ1n) is 8.13. The largest absolute Gasteiger partial charge is 0.498 e. The lowest BCUT2D eigenvalue weighted by atomic mass is 10.1. The van der Waals surface area contributed by atoms with Gasteiger partial charge in [-0.1, -0.05) is 18.6 Å². The van der Waals surface area contributed by atoms with E-state index in [4.69, 9.17) is 8.85 Å². The van der Waals surface area contributed by atoms with Crippen molar-refractivity contribution in [3.8, 4) is 0 Å². The monoisotopic (exact) mass is 328 g/mol. The Balaban J connectivity index is 2.31. The van der Waals surface area contributed by atoms with Crippen LogP contribution in [0.5, 0.6) is 0 Å². The van der Waals surface area contributed by atoms with Crippen molar-refractivity contribution >= 4 is 8.80 Å². The van der Waals surface area contributed by atoms with Crippen molar-refractivity contribution in [2.45, 2.75) is 71.6 Å². The lowest BCUT2D eigenvalue weighted by molar-refractivity contribution is 0.0472. The minimum atomic E-state index is -3.06. The van der Waals surface area contributed by atoms with Crippen molar-refractivity contribution in [1.82, 2.24) is 0 Å².